The summed E-state index contributed by atoms with van der Waals surface area (Å²) < 4.78 is 6.45. The molecular weight excluding hydrogens is 342 g/mol. The summed E-state index contributed by atoms with van der Waals surface area (Å²) in [6, 6.07) is 11.6. The molecule has 0 spiro atoms. The molecule has 5 heteroatoms. The van der Waals surface area contributed by atoms with Crippen LogP contribution >= 0.6 is 15.9 Å². The monoisotopic (exact) mass is 359 g/mol. The Morgan fingerprint density at radius 2 is 2.09 bits per heavy atom. The van der Waals surface area contributed by atoms with E-state index in [0.717, 1.165) is 47.3 Å². The average Bonchev–Trinajstić information content (AvgIpc) is 2.57. The van der Waals surface area contributed by atoms with Gasteiger partial charge in [0.25, 0.3) is 0 Å². The summed E-state index contributed by atoms with van der Waals surface area (Å²) in [5, 5.41) is 11.9. The first kappa shape index (κ1) is 15.2. The van der Waals surface area contributed by atoms with E-state index < -0.39 is 0 Å². The zero-order valence-corrected chi connectivity index (χ0v) is 13.8. The van der Waals surface area contributed by atoms with E-state index >= 15 is 0 Å². The summed E-state index contributed by atoms with van der Waals surface area (Å²) in [6.45, 7) is 0.785. The highest BCUT2D eigenvalue weighted by molar-refractivity contribution is 9.10. The molecular formula is C17H18BrN3O. The smallest absolute Gasteiger partial charge is 0.127 e. The number of pyridine rings is 1. The van der Waals surface area contributed by atoms with Crippen LogP contribution in [0.25, 0.3) is 0 Å². The Morgan fingerprint density at radius 1 is 1.27 bits per heavy atom. The number of anilines is 1. The van der Waals surface area contributed by atoms with Crippen molar-refractivity contribution < 1.29 is 4.74 Å². The lowest BCUT2D eigenvalue weighted by Gasteiger charge is -2.25. The zero-order chi connectivity index (χ0) is 15.4. The molecule has 114 valence electrons. The van der Waals surface area contributed by atoms with Gasteiger partial charge < -0.3 is 10.1 Å². The predicted octanol–water partition coefficient (Wildman–Crippen LogP) is 4.20. The molecule has 1 saturated heterocycles. The van der Waals surface area contributed by atoms with Gasteiger partial charge >= 0.3 is 0 Å². The fourth-order valence-electron chi connectivity index (χ4n) is 2.54. The molecule has 0 aliphatic carbocycles. The van der Waals surface area contributed by atoms with Crippen LogP contribution in [0.2, 0.25) is 0 Å². The standard InChI is InChI=1S/C17H18BrN3O/c18-15-10-13(17(19)12-6-2-1-3-7-12)14(11-20-15)21-16-8-4-5-9-22-16/h1-3,6-7,10-11,16,19,21H,4-5,8-9H2. The molecule has 1 aliphatic heterocycles. The number of rotatable bonds is 4. The van der Waals surface area contributed by atoms with E-state index in [4.69, 9.17) is 10.1 Å². The minimum Gasteiger partial charge on any atom is -0.359 e. The first-order chi connectivity index (χ1) is 10.7. The number of aromatic nitrogens is 1. The first-order valence-electron chi connectivity index (χ1n) is 7.42. The van der Waals surface area contributed by atoms with Crippen molar-refractivity contribution in [2.75, 3.05) is 11.9 Å². The van der Waals surface area contributed by atoms with Crippen molar-refractivity contribution in [1.29, 1.82) is 5.41 Å². The van der Waals surface area contributed by atoms with E-state index in [9.17, 15) is 0 Å². The number of hydrogen-bond acceptors (Lipinski definition) is 4. The molecule has 1 unspecified atom stereocenters. The summed E-state index contributed by atoms with van der Waals surface area (Å²) in [5.41, 5.74) is 3.02. The summed E-state index contributed by atoms with van der Waals surface area (Å²) >= 11 is 3.40. The Labute approximate surface area is 138 Å². The van der Waals surface area contributed by atoms with Gasteiger partial charge in [-0.2, -0.15) is 0 Å². The molecule has 1 aliphatic rings. The van der Waals surface area contributed by atoms with Crippen molar-refractivity contribution in [3.8, 4) is 0 Å². The summed E-state index contributed by atoms with van der Waals surface area (Å²) in [7, 11) is 0. The van der Waals surface area contributed by atoms with Crippen LogP contribution in [0.3, 0.4) is 0 Å². The third-order valence-corrected chi connectivity index (χ3v) is 4.13. The van der Waals surface area contributed by atoms with Crippen molar-refractivity contribution in [3.05, 3.63) is 58.3 Å². The predicted molar refractivity (Wildman–Crippen MR) is 91.5 cm³/mol. The van der Waals surface area contributed by atoms with Gasteiger partial charge in [-0.15, -0.1) is 0 Å². The molecule has 22 heavy (non-hydrogen) atoms. The molecule has 0 bridgehead atoms. The Hall–Kier alpha value is -1.72. The van der Waals surface area contributed by atoms with Gasteiger partial charge in [-0.25, -0.2) is 4.98 Å². The van der Waals surface area contributed by atoms with Crippen LogP contribution in [0, 0.1) is 5.41 Å². The fraction of sp³-hybridized carbons (Fsp3) is 0.294. The third-order valence-electron chi connectivity index (χ3n) is 3.70. The van der Waals surface area contributed by atoms with Gasteiger partial charge in [0.15, 0.2) is 0 Å². The van der Waals surface area contributed by atoms with Crippen LogP contribution in [0.5, 0.6) is 0 Å². The second-order valence-corrected chi connectivity index (χ2v) is 6.11. The van der Waals surface area contributed by atoms with E-state index in [1.165, 1.54) is 0 Å². The highest BCUT2D eigenvalue weighted by Crippen LogP contribution is 2.24. The van der Waals surface area contributed by atoms with E-state index in [0.29, 0.717) is 5.71 Å². The molecule has 1 atom stereocenters. The quantitative estimate of drug-likeness (QED) is 0.635. The molecule has 1 fully saturated rings. The van der Waals surface area contributed by atoms with E-state index in [1.54, 1.807) is 6.20 Å². The zero-order valence-electron chi connectivity index (χ0n) is 12.2. The van der Waals surface area contributed by atoms with Gasteiger partial charge in [0.1, 0.15) is 10.8 Å². The Kier molecular flexibility index (Phi) is 4.85. The topological polar surface area (TPSA) is 58.0 Å². The number of halogens is 1. The van der Waals surface area contributed by atoms with Crippen molar-refractivity contribution in [3.63, 3.8) is 0 Å². The van der Waals surface area contributed by atoms with E-state index in [1.807, 2.05) is 36.4 Å². The van der Waals surface area contributed by atoms with Crippen LogP contribution in [0.4, 0.5) is 5.69 Å². The Balaban J connectivity index is 1.89. The van der Waals surface area contributed by atoms with Gasteiger partial charge in [0.2, 0.25) is 0 Å². The molecule has 0 saturated carbocycles. The molecule has 2 N–H and O–H groups in total. The highest BCUT2D eigenvalue weighted by atomic mass is 79.9. The van der Waals surface area contributed by atoms with E-state index in [2.05, 4.69) is 26.2 Å². The fourth-order valence-corrected chi connectivity index (χ4v) is 2.87. The van der Waals surface area contributed by atoms with Crippen LogP contribution in [-0.4, -0.2) is 23.5 Å². The largest absolute Gasteiger partial charge is 0.359 e. The Morgan fingerprint density at radius 3 is 2.82 bits per heavy atom. The highest BCUT2D eigenvalue weighted by Gasteiger charge is 2.17. The maximum Gasteiger partial charge on any atom is 0.127 e. The van der Waals surface area contributed by atoms with Gasteiger partial charge in [-0.05, 0) is 41.3 Å². The number of benzene rings is 1. The average molecular weight is 360 g/mol. The normalized spacial score (nSPS) is 18.0. The van der Waals surface area contributed by atoms with Crippen LogP contribution in [0.1, 0.15) is 30.4 Å². The lowest BCUT2D eigenvalue weighted by atomic mass is 10.0. The maximum atomic E-state index is 8.50. The number of hydrogen-bond donors (Lipinski definition) is 2. The molecule has 1 aromatic heterocycles. The van der Waals surface area contributed by atoms with Crippen LogP contribution < -0.4 is 5.32 Å². The molecule has 1 aromatic carbocycles. The summed E-state index contributed by atoms with van der Waals surface area (Å²) in [5.74, 6) is 0. The molecule has 2 aromatic rings. The summed E-state index contributed by atoms with van der Waals surface area (Å²) in [4.78, 5) is 4.28. The molecule has 0 radical (unpaired) electrons. The van der Waals surface area contributed by atoms with Gasteiger partial charge in [-0.3, -0.25) is 5.41 Å². The second-order valence-electron chi connectivity index (χ2n) is 5.29. The van der Waals surface area contributed by atoms with Crippen molar-refractivity contribution in [1.82, 2.24) is 4.98 Å². The minimum atomic E-state index is -0.000881. The molecule has 2 heterocycles. The SMILES string of the molecule is N=C(c1ccccc1)c1cc(Br)ncc1NC1CCCCO1. The van der Waals surface area contributed by atoms with Crippen LogP contribution in [-0.2, 0) is 4.74 Å². The third kappa shape index (κ3) is 3.54. The van der Waals surface area contributed by atoms with Gasteiger partial charge in [0.05, 0.1) is 17.6 Å². The van der Waals surface area contributed by atoms with E-state index in [-0.39, 0.29) is 6.23 Å². The number of ether oxygens (including phenoxy) is 1. The number of nitrogens with one attached hydrogen (secondary N) is 2. The van der Waals surface area contributed by atoms with Gasteiger partial charge in [0, 0.05) is 17.7 Å². The van der Waals surface area contributed by atoms with Crippen molar-refractivity contribution >= 4 is 27.3 Å². The maximum absolute atomic E-state index is 8.50. The van der Waals surface area contributed by atoms with Crippen molar-refractivity contribution in [2.24, 2.45) is 0 Å². The van der Waals surface area contributed by atoms with Crippen molar-refractivity contribution in [2.45, 2.75) is 25.5 Å². The number of nitrogens with zero attached hydrogens (tertiary/aromatic N) is 1. The minimum absolute atomic E-state index is 0.000881. The second kappa shape index (κ2) is 7.03. The molecule has 0 amide bonds. The molecule has 4 nitrogen and oxygen atoms in total. The molecule has 3 rings (SSSR count). The lowest BCUT2D eigenvalue weighted by molar-refractivity contribution is 0.0343. The van der Waals surface area contributed by atoms with Crippen LogP contribution in [0.15, 0.2) is 47.2 Å². The summed E-state index contributed by atoms with van der Waals surface area (Å²) in [6.07, 6.45) is 5.01. The Bertz CT molecular complexity index is 654. The lowest BCUT2D eigenvalue weighted by Crippen LogP contribution is -2.28. The van der Waals surface area contributed by atoms with Gasteiger partial charge in [-0.1, -0.05) is 30.3 Å². The first-order valence-corrected chi connectivity index (χ1v) is 8.21.